The first-order chi connectivity index (χ1) is 11.0. The van der Waals surface area contributed by atoms with Gasteiger partial charge in [-0.25, -0.2) is 4.79 Å². The third-order valence-electron chi connectivity index (χ3n) is 5.05. The fourth-order valence-electron chi connectivity index (χ4n) is 3.31. The summed E-state index contributed by atoms with van der Waals surface area (Å²) in [5.74, 6) is 0. The number of carbonyl (C=O) groups excluding carboxylic acids is 1. The highest BCUT2D eigenvalue weighted by Gasteiger charge is 2.32. The molecule has 1 saturated carbocycles. The fraction of sp³-hybridized carbons (Fsp3) is 0.611. The minimum absolute atomic E-state index is 0.0205. The Morgan fingerprint density at radius 3 is 2.39 bits per heavy atom. The summed E-state index contributed by atoms with van der Waals surface area (Å²) in [6, 6.07) is 7.58. The van der Waals surface area contributed by atoms with Gasteiger partial charge in [-0.3, -0.25) is 4.21 Å². The van der Waals surface area contributed by atoms with E-state index in [1.807, 2.05) is 31.3 Å². The van der Waals surface area contributed by atoms with E-state index in [1.54, 1.807) is 11.2 Å². The van der Waals surface area contributed by atoms with E-state index in [0.717, 1.165) is 23.4 Å². The van der Waals surface area contributed by atoms with Gasteiger partial charge in [0.05, 0.1) is 0 Å². The molecule has 0 saturated heterocycles. The number of carbonyl (C=O) groups is 1. The van der Waals surface area contributed by atoms with Crippen molar-refractivity contribution in [2.45, 2.75) is 50.5 Å². The molecule has 0 unspecified atom stereocenters. The summed E-state index contributed by atoms with van der Waals surface area (Å²) in [5, 5.41) is 3.10. The van der Waals surface area contributed by atoms with Gasteiger partial charge in [0.15, 0.2) is 0 Å². The molecular formula is C18H28N2O2S. The van der Waals surface area contributed by atoms with Gasteiger partial charge in [0.1, 0.15) is 0 Å². The molecule has 2 rings (SSSR count). The third kappa shape index (κ3) is 4.80. The predicted molar refractivity (Wildman–Crippen MR) is 94.8 cm³/mol. The minimum atomic E-state index is -0.962. The molecule has 0 bridgehead atoms. The van der Waals surface area contributed by atoms with Gasteiger partial charge in [-0.1, -0.05) is 31.9 Å². The number of urea groups is 1. The minimum Gasteiger partial charge on any atom is -0.337 e. The molecule has 23 heavy (non-hydrogen) atoms. The van der Waals surface area contributed by atoms with Gasteiger partial charge >= 0.3 is 6.03 Å². The molecule has 0 aromatic heterocycles. The maximum Gasteiger partial charge on any atom is 0.317 e. The highest BCUT2D eigenvalue weighted by Crippen LogP contribution is 2.40. The van der Waals surface area contributed by atoms with E-state index in [0.29, 0.717) is 12.0 Å². The van der Waals surface area contributed by atoms with Crippen LogP contribution in [0.5, 0.6) is 0 Å². The van der Waals surface area contributed by atoms with E-state index >= 15 is 0 Å². The van der Waals surface area contributed by atoms with Gasteiger partial charge in [0.25, 0.3) is 0 Å². The average Bonchev–Trinajstić information content (AvgIpc) is 3.02. The first kappa shape index (κ1) is 18.0. The summed E-state index contributed by atoms with van der Waals surface area (Å²) in [5.41, 5.74) is 1.35. The van der Waals surface area contributed by atoms with Crippen molar-refractivity contribution < 1.29 is 9.00 Å². The molecule has 0 heterocycles. The molecule has 0 spiro atoms. The van der Waals surface area contributed by atoms with E-state index in [-0.39, 0.29) is 6.03 Å². The lowest BCUT2D eigenvalue weighted by Crippen LogP contribution is -2.42. The molecule has 1 aliphatic carbocycles. The number of nitrogens with zero attached hydrogens (tertiary/aromatic N) is 1. The zero-order valence-corrected chi connectivity index (χ0v) is 15.2. The lowest BCUT2D eigenvalue weighted by Gasteiger charge is -2.29. The van der Waals surface area contributed by atoms with Crippen molar-refractivity contribution in [2.24, 2.45) is 5.41 Å². The van der Waals surface area contributed by atoms with Crippen molar-refractivity contribution in [3.63, 3.8) is 0 Å². The topological polar surface area (TPSA) is 49.4 Å². The van der Waals surface area contributed by atoms with Crippen LogP contribution in [0.1, 0.15) is 44.6 Å². The maximum atomic E-state index is 12.3. The number of benzene rings is 1. The smallest absolute Gasteiger partial charge is 0.317 e. The van der Waals surface area contributed by atoms with Crippen LogP contribution >= 0.6 is 0 Å². The fourth-order valence-corrected chi connectivity index (χ4v) is 3.83. The van der Waals surface area contributed by atoms with E-state index < -0.39 is 10.8 Å². The Kier molecular flexibility index (Phi) is 6.22. The molecule has 5 heteroatoms. The van der Waals surface area contributed by atoms with Crippen LogP contribution in [-0.4, -0.2) is 35.0 Å². The van der Waals surface area contributed by atoms with E-state index in [2.05, 4.69) is 12.2 Å². The molecule has 1 aromatic rings. The van der Waals surface area contributed by atoms with Gasteiger partial charge < -0.3 is 10.2 Å². The van der Waals surface area contributed by atoms with Gasteiger partial charge in [0.2, 0.25) is 0 Å². The van der Waals surface area contributed by atoms with Crippen LogP contribution in [-0.2, 0) is 17.3 Å². The molecule has 0 radical (unpaired) electrons. The molecule has 1 aliphatic rings. The first-order valence-corrected chi connectivity index (χ1v) is 9.93. The Bertz CT molecular complexity index is 551. The van der Waals surface area contributed by atoms with Gasteiger partial charge in [-0.2, -0.15) is 0 Å². The van der Waals surface area contributed by atoms with Crippen molar-refractivity contribution in [2.75, 3.05) is 19.8 Å². The van der Waals surface area contributed by atoms with Crippen molar-refractivity contribution in [3.8, 4) is 0 Å². The van der Waals surface area contributed by atoms with E-state index in [4.69, 9.17) is 0 Å². The quantitative estimate of drug-likeness (QED) is 0.864. The van der Waals surface area contributed by atoms with Crippen LogP contribution in [0.4, 0.5) is 4.79 Å². The van der Waals surface area contributed by atoms with Crippen molar-refractivity contribution in [1.29, 1.82) is 0 Å². The van der Waals surface area contributed by atoms with Crippen LogP contribution in [0.25, 0.3) is 0 Å². The Morgan fingerprint density at radius 2 is 1.87 bits per heavy atom. The molecule has 128 valence electrons. The number of amides is 2. The maximum absolute atomic E-state index is 12.3. The third-order valence-corrected chi connectivity index (χ3v) is 5.99. The largest absolute Gasteiger partial charge is 0.337 e. The SMILES string of the molecule is CCC1(CNC(=O)N(C)Cc2ccc([S@](C)=O)cc2)CCCC1. The van der Waals surface area contributed by atoms with Crippen molar-refractivity contribution >= 4 is 16.8 Å². The number of rotatable bonds is 6. The van der Waals surface area contributed by atoms with Gasteiger partial charge in [-0.15, -0.1) is 0 Å². The summed E-state index contributed by atoms with van der Waals surface area (Å²) in [7, 11) is 0.852. The summed E-state index contributed by atoms with van der Waals surface area (Å²) >= 11 is 0. The molecule has 1 atom stereocenters. The summed E-state index contributed by atoms with van der Waals surface area (Å²) in [6.07, 6.45) is 7.81. The second-order valence-electron chi connectivity index (χ2n) is 6.67. The van der Waals surface area contributed by atoms with Crippen molar-refractivity contribution in [3.05, 3.63) is 29.8 Å². The Balaban J connectivity index is 1.86. The normalized spacial score (nSPS) is 17.7. The van der Waals surface area contributed by atoms with Crippen molar-refractivity contribution in [1.82, 2.24) is 10.2 Å². The predicted octanol–water partition coefficient (Wildman–Crippen LogP) is 3.54. The second-order valence-corrected chi connectivity index (χ2v) is 8.05. The standard InChI is InChI=1S/C18H28N2O2S/c1-4-18(11-5-6-12-18)14-19-17(21)20(2)13-15-7-9-16(10-8-15)23(3)22/h7-10H,4-6,11-14H2,1-3H3,(H,19,21)/t23-/m0/s1. The Labute approximate surface area is 142 Å². The number of hydrogen-bond donors (Lipinski definition) is 1. The van der Waals surface area contributed by atoms with E-state index in [9.17, 15) is 9.00 Å². The highest BCUT2D eigenvalue weighted by atomic mass is 32.2. The number of nitrogens with one attached hydrogen (secondary N) is 1. The van der Waals surface area contributed by atoms with Gasteiger partial charge in [0, 0.05) is 42.1 Å². The highest BCUT2D eigenvalue weighted by molar-refractivity contribution is 7.84. The second kappa shape index (κ2) is 7.95. The average molecular weight is 337 g/mol. The van der Waals surface area contributed by atoms with Gasteiger partial charge in [-0.05, 0) is 42.4 Å². The Morgan fingerprint density at radius 1 is 1.26 bits per heavy atom. The Hall–Kier alpha value is -1.36. The van der Waals surface area contributed by atoms with Crippen LogP contribution in [0.15, 0.2) is 29.2 Å². The molecule has 1 N–H and O–H groups in total. The first-order valence-electron chi connectivity index (χ1n) is 8.37. The van der Waals surface area contributed by atoms with Crippen LogP contribution in [0.3, 0.4) is 0 Å². The summed E-state index contributed by atoms with van der Waals surface area (Å²) in [4.78, 5) is 14.8. The molecule has 4 nitrogen and oxygen atoms in total. The number of hydrogen-bond acceptors (Lipinski definition) is 2. The molecule has 1 fully saturated rings. The zero-order chi connectivity index (χ0) is 16.9. The summed E-state index contributed by atoms with van der Waals surface area (Å²) < 4.78 is 11.4. The summed E-state index contributed by atoms with van der Waals surface area (Å²) in [6.45, 7) is 3.56. The molecule has 2 amide bonds. The van der Waals surface area contributed by atoms with E-state index in [1.165, 1.54) is 25.7 Å². The van der Waals surface area contributed by atoms with Crippen LogP contribution < -0.4 is 5.32 Å². The van der Waals surface area contributed by atoms with Crippen LogP contribution in [0.2, 0.25) is 0 Å². The molecule has 1 aromatic carbocycles. The monoisotopic (exact) mass is 336 g/mol. The zero-order valence-electron chi connectivity index (χ0n) is 14.4. The molecule has 0 aliphatic heterocycles. The lowest BCUT2D eigenvalue weighted by molar-refractivity contribution is 0.194. The lowest BCUT2D eigenvalue weighted by atomic mass is 9.83. The van der Waals surface area contributed by atoms with Crippen LogP contribution in [0, 0.1) is 5.41 Å². The molecular weight excluding hydrogens is 308 g/mol.